The minimum absolute atomic E-state index is 0.247. The van der Waals surface area contributed by atoms with Crippen LogP contribution in [0.3, 0.4) is 0 Å². The Morgan fingerprint density at radius 2 is 1.68 bits per heavy atom. The molecule has 0 aliphatic carbocycles. The van der Waals surface area contributed by atoms with E-state index in [0.29, 0.717) is 0 Å². The van der Waals surface area contributed by atoms with Crippen molar-refractivity contribution < 1.29 is 4.39 Å². The first-order chi connectivity index (χ1) is 12.3. The zero-order valence-electron chi connectivity index (χ0n) is 14.0. The minimum Gasteiger partial charge on any atom is -0.265 e. The van der Waals surface area contributed by atoms with Crippen molar-refractivity contribution in [2.24, 2.45) is 0 Å². The Morgan fingerprint density at radius 3 is 2.40 bits per heavy atom. The lowest BCUT2D eigenvalue weighted by Gasteiger charge is -2.04. The molecule has 4 rings (SSSR count). The fourth-order valence-electron chi connectivity index (χ4n) is 3.14. The van der Waals surface area contributed by atoms with E-state index < -0.39 is 0 Å². The Labute approximate surface area is 145 Å². The number of aromatic nitrogens is 3. The van der Waals surface area contributed by atoms with Gasteiger partial charge in [-0.25, -0.2) is 8.91 Å². The van der Waals surface area contributed by atoms with Crippen LogP contribution in [-0.4, -0.2) is 14.6 Å². The van der Waals surface area contributed by atoms with Crippen molar-refractivity contribution in [3.05, 3.63) is 78.5 Å². The lowest BCUT2D eigenvalue weighted by atomic mass is 10.0. The zero-order valence-corrected chi connectivity index (χ0v) is 14.0. The summed E-state index contributed by atoms with van der Waals surface area (Å²) >= 11 is 0. The summed E-state index contributed by atoms with van der Waals surface area (Å²) in [5.74, 6) is -0.247. The van der Waals surface area contributed by atoms with Crippen molar-refractivity contribution in [3.8, 4) is 22.4 Å². The van der Waals surface area contributed by atoms with Gasteiger partial charge in [-0.1, -0.05) is 19.4 Å². The van der Waals surface area contributed by atoms with Crippen LogP contribution in [0.4, 0.5) is 4.39 Å². The fraction of sp³-hybridized carbons (Fsp3) is 0.143. The highest BCUT2D eigenvalue weighted by Gasteiger charge is 2.16. The van der Waals surface area contributed by atoms with E-state index in [0.717, 1.165) is 40.7 Å². The number of hydrogen-bond acceptors (Lipinski definition) is 2. The number of pyridine rings is 2. The van der Waals surface area contributed by atoms with Gasteiger partial charge in [0.15, 0.2) is 0 Å². The topological polar surface area (TPSA) is 30.2 Å². The molecule has 0 amide bonds. The molecule has 3 heterocycles. The molecule has 3 aromatic heterocycles. The summed E-state index contributed by atoms with van der Waals surface area (Å²) in [5, 5.41) is 4.81. The number of halogens is 1. The number of hydrogen-bond donors (Lipinski definition) is 0. The average molecular weight is 331 g/mol. The first-order valence-corrected chi connectivity index (χ1v) is 8.44. The maximum absolute atomic E-state index is 13.3. The van der Waals surface area contributed by atoms with E-state index in [4.69, 9.17) is 5.10 Å². The highest BCUT2D eigenvalue weighted by molar-refractivity contribution is 5.92. The third kappa shape index (κ3) is 2.91. The van der Waals surface area contributed by atoms with Crippen LogP contribution in [-0.2, 0) is 6.42 Å². The molecule has 25 heavy (non-hydrogen) atoms. The molecule has 0 N–H and O–H groups in total. The van der Waals surface area contributed by atoms with E-state index in [1.54, 1.807) is 24.5 Å². The van der Waals surface area contributed by atoms with Crippen molar-refractivity contribution >= 4 is 5.52 Å². The molecule has 4 aromatic rings. The highest BCUT2D eigenvalue weighted by atomic mass is 19.1. The molecule has 0 saturated heterocycles. The summed E-state index contributed by atoms with van der Waals surface area (Å²) < 4.78 is 15.3. The number of nitrogens with zero attached hydrogens (tertiary/aromatic N) is 3. The lowest BCUT2D eigenvalue weighted by molar-refractivity contribution is 0.628. The van der Waals surface area contributed by atoms with Crippen LogP contribution < -0.4 is 0 Å². The minimum atomic E-state index is -0.247. The van der Waals surface area contributed by atoms with Gasteiger partial charge in [-0.3, -0.25) is 4.98 Å². The number of aryl methyl sites for hydroxylation is 1. The second-order valence-electron chi connectivity index (χ2n) is 6.08. The van der Waals surface area contributed by atoms with Gasteiger partial charge in [0.05, 0.1) is 5.52 Å². The molecule has 0 spiro atoms. The molecule has 124 valence electrons. The van der Waals surface area contributed by atoms with E-state index in [-0.39, 0.29) is 5.82 Å². The molecular weight excluding hydrogens is 313 g/mol. The monoisotopic (exact) mass is 331 g/mol. The first-order valence-electron chi connectivity index (χ1n) is 8.44. The van der Waals surface area contributed by atoms with E-state index >= 15 is 0 Å². The molecule has 0 fully saturated rings. The van der Waals surface area contributed by atoms with Gasteiger partial charge in [-0.2, -0.15) is 5.10 Å². The van der Waals surface area contributed by atoms with Crippen molar-refractivity contribution in [2.45, 2.75) is 19.8 Å². The molecule has 0 aliphatic rings. The average Bonchev–Trinajstić information content (AvgIpc) is 3.02. The molecule has 0 unspecified atom stereocenters. The lowest BCUT2D eigenvalue weighted by Crippen LogP contribution is -1.91. The molecular formula is C21H18FN3. The largest absolute Gasteiger partial charge is 0.265 e. The molecule has 0 aliphatic heterocycles. The normalized spacial score (nSPS) is 11.1. The van der Waals surface area contributed by atoms with E-state index in [9.17, 15) is 4.39 Å². The highest BCUT2D eigenvalue weighted by Crippen LogP contribution is 2.35. The second-order valence-corrected chi connectivity index (χ2v) is 6.08. The van der Waals surface area contributed by atoms with E-state index in [1.165, 1.54) is 17.7 Å². The van der Waals surface area contributed by atoms with Gasteiger partial charge < -0.3 is 0 Å². The molecule has 1 aromatic carbocycles. The van der Waals surface area contributed by atoms with Crippen LogP contribution in [0.2, 0.25) is 0 Å². The van der Waals surface area contributed by atoms with Crippen LogP contribution in [0.5, 0.6) is 0 Å². The number of fused-ring (bicyclic) bond motifs is 1. The predicted molar refractivity (Wildman–Crippen MR) is 97.8 cm³/mol. The van der Waals surface area contributed by atoms with Crippen LogP contribution >= 0.6 is 0 Å². The van der Waals surface area contributed by atoms with Crippen LogP contribution in [0.1, 0.15) is 18.9 Å². The Morgan fingerprint density at radius 1 is 0.920 bits per heavy atom. The van der Waals surface area contributed by atoms with Gasteiger partial charge in [0, 0.05) is 29.7 Å². The smallest absolute Gasteiger partial charge is 0.123 e. The number of rotatable bonds is 4. The van der Waals surface area contributed by atoms with Gasteiger partial charge in [0.1, 0.15) is 11.5 Å². The summed E-state index contributed by atoms with van der Waals surface area (Å²) in [4.78, 5) is 4.11. The van der Waals surface area contributed by atoms with Crippen molar-refractivity contribution in [1.82, 2.24) is 14.6 Å². The standard InChI is InChI=1S/C21H18FN3/c1-2-3-15-4-9-19-20(16-10-12-23-13-11-16)21(24-25(19)14-15)17-5-7-18(22)8-6-17/h4-14H,2-3H2,1H3. The summed E-state index contributed by atoms with van der Waals surface area (Å²) in [7, 11) is 0. The Kier molecular flexibility index (Phi) is 4.02. The zero-order chi connectivity index (χ0) is 17.2. The summed E-state index contributed by atoms with van der Waals surface area (Å²) in [6, 6.07) is 14.7. The SMILES string of the molecule is CCCc1ccc2c(-c3ccncc3)c(-c3ccc(F)cc3)nn2c1. The molecule has 3 nitrogen and oxygen atoms in total. The van der Waals surface area contributed by atoms with Gasteiger partial charge in [0.25, 0.3) is 0 Å². The van der Waals surface area contributed by atoms with E-state index in [1.807, 2.05) is 16.6 Å². The Balaban J connectivity index is 1.98. The third-order valence-corrected chi connectivity index (χ3v) is 4.32. The fourth-order valence-corrected chi connectivity index (χ4v) is 3.14. The van der Waals surface area contributed by atoms with E-state index in [2.05, 4.69) is 30.2 Å². The second kappa shape index (κ2) is 6.48. The Hall–Kier alpha value is -3.01. The molecule has 0 saturated carbocycles. The van der Waals surface area contributed by atoms with Gasteiger partial charge in [-0.05, 0) is 60.0 Å². The molecule has 0 atom stereocenters. The van der Waals surface area contributed by atoms with Crippen LogP contribution in [0.15, 0.2) is 67.1 Å². The molecule has 4 heteroatoms. The molecule has 0 radical (unpaired) electrons. The predicted octanol–water partition coefficient (Wildman–Crippen LogP) is 5.15. The maximum Gasteiger partial charge on any atom is 0.123 e. The molecule has 0 bridgehead atoms. The van der Waals surface area contributed by atoms with Gasteiger partial charge in [-0.15, -0.1) is 0 Å². The van der Waals surface area contributed by atoms with Crippen LogP contribution in [0, 0.1) is 5.82 Å². The summed E-state index contributed by atoms with van der Waals surface area (Å²) in [6.07, 6.45) is 7.75. The quantitative estimate of drug-likeness (QED) is 0.517. The number of benzene rings is 1. The Bertz CT molecular complexity index is 1000. The van der Waals surface area contributed by atoms with Crippen molar-refractivity contribution in [1.29, 1.82) is 0 Å². The summed E-state index contributed by atoms with van der Waals surface area (Å²) in [6.45, 7) is 2.17. The van der Waals surface area contributed by atoms with Gasteiger partial charge in [0.2, 0.25) is 0 Å². The third-order valence-electron chi connectivity index (χ3n) is 4.32. The maximum atomic E-state index is 13.3. The first kappa shape index (κ1) is 15.5. The van der Waals surface area contributed by atoms with Crippen molar-refractivity contribution in [2.75, 3.05) is 0 Å². The van der Waals surface area contributed by atoms with Crippen molar-refractivity contribution in [3.63, 3.8) is 0 Å². The summed E-state index contributed by atoms with van der Waals surface area (Å²) in [5.41, 5.74) is 6.12. The van der Waals surface area contributed by atoms with Gasteiger partial charge >= 0.3 is 0 Å². The van der Waals surface area contributed by atoms with Crippen LogP contribution in [0.25, 0.3) is 27.9 Å².